The zero-order valence-electron chi connectivity index (χ0n) is 21.5. The monoisotopic (exact) mass is 463 g/mol. The van der Waals surface area contributed by atoms with E-state index in [9.17, 15) is 4.79 Å². The molecule has 182 valence electrons. The Hall–Kier alpha value is -3.22. The third-order valence-corrected chi connectivity index (χ3v) is 6.58. The van der Waals surface area contributed by atoms with Gasteiger partial charge in [0.15, 0.2) is 5.65 Å². The topological polar surface area (TPSA) is 62.1 Å². The van der Waals surface area contributed by atoms with Crippen LogP contribution in [0.1, 0.15) is 48.8 Å². The molecule has 0 saturated carbocycles. The van der Waals surface area contributed by atoms with E-state index in [0.29, 0.717) is 13.1 Å². The Balaban J connectivity index is 1.57. The summed E-state index contributed by atoms with van der Waals surface area (Å²) in [6.45, 7) is 17.7. The van der Waals surface area contributed by atoms with Crippen molar-refractivity contribution in [3.05, 3.63) is 58.5 Å². The molecule has 34 heavy (non-hydrogen) atoms. The summed E-state index contributed by atoms with van der Waals surface area (Å²) >= 11 is 0. The predicted octanol–water partition coefficient (Wildman–Crippen LogP) is 5.24. The SMILES string of the molecule is Cc1cccc(C)c1CNc1cc(N2CCN(C(=O)OC(C)(C)C)CC2)cn2c(C)c(C)nc12. The summed E-state index contributed by atoms with van der Waals surface area (Å²) in [6, 6.07) is 8.61. The third-order valence-electron chi connectivity index (χ3n) is 6.58. The maximum Gasteiger partial charge on any atom is 0.410 e. The number of carbonyl (C=O) groups excluding carboxylic acids is 1. The Morgan fingerprint density at radius 2 is 1.71 bits per heavy atom. The zero-order chi connectivity index (χ0) is 24.6. The van der Waals surface area contributed by atoms with Crippen molar-refractivity contribution in [1.29, 1.82) is 0 Å². The third kappa shape index (κ3) is 4.98. The smallest absolute Gasteiger partial charge is 0.410 e. The van der Waals surface area contributed by atoms with Gasteiger partial charge < -0.3 is 24.3 Å². The van der Waals surface area contributed by atoms with Gasteiger partial charge in [-0.15, -0.1) is 0 Å². The van der Waals surface area contributed by atoms with Crippen molar-refractivity contribution in [1.82, 2.24) is 14.3 Å². The van der Waals surface area contributed by atoms with Gasteiger partial charge >= 0.3 is 6.09 Å². The second-order valence-corrected chi connectivity index (χ2v) is 10.3. The van der Waals surface area contributed by atoms with Crippen molar-refractivity contribution >= 4 is 23.1 Å². The van der Waals surface area contributed by atoms with Gasteiger partial charge in [0.05, 0.1) is 17.1 Å². The fourth-order valence-electron chi connectivity index (χ4n) is 4.44. The minimum atomic E-state index is -0.480. The minimum Gasteiger partial charge on any atom is -0.444 e. The van der Waals surface area contributed by atoms with E-state index < -0.39 is 5.60 Å². The van der Waals surface area contributed by atoms with Crippen molar-refractivity contribution in [3.8, 4) is 0 Å². The van der Waals surface area contributed by atoms with Gasteiger partial charge in [-0.05, 0) is 71.2 Å². The number of carbonyl (C=O) groups is 1. The molecule has 3 heterocycles. The van der Waals surface area contributed by atoms with Crippen LogP contribution in [-0.2, 0) is 11.3 Å². The van der Waals surface area contributed by atoms with Crippen LogP contribution in [0.5, 0.6) is 0 Å². The van der Waals surface area contributed by atoms with E-state index in [1.807, 2.05) is 20.8 Å². The second-order valence-electron chi connectivity index (χ2n) is 10.3. The highest BCUT2D eigenvalue weighted by molar-refractivity contribution is 5.74. The van der Waals surface area contributed by atoms with E-state index in [2.05, 4.69) is 72.8 Å². The first-order valence-corrected chi connectivity index (χ1v) is 12.0. The largest absolute Gasteiger partial charge is 0.444 e. The van der Waals surface area contributed by atoms with Crippen molar-refractivity contribution in [2.75, 3.05) is 36.4 Å². The van der Waals surface area contributed by atoms with Gasteiger partial charge in [-0.1, -0.05) is 18.2 Å². The number of aromatic nitrogens is 2. The molecule has 1 aliphatic rings. The molecule has 7 nitrogen and oxygen atoms in total. The summed E-state index contributed by atoms with van der Waals surface area (Å²) < 4.78 is 7.73. The molecule has 0 bridgehead atoms. The van der Waals surface area contributed by atoms with Crippen LogP contribution in [0.15, 0.2) is 30.5 Å². The van der Waals surface area contributed by atoms with E-state index in [4.69, 9.17) is 9.72 Å². The van der Waals surface area contributed by atoms with Gasteiger partial charge in [0, 0.05) is 44.6 Å². The fourth-order valence-corrected chi connectivity index (χ4v) is 4.44. The molecule has 7 heteroatoms. The van der Waals surface area contributed by atoms with E-state index >= 15 is 0 Å². The highest BCUT2D eigenvalue weighted by Gasteiger charge is 2.26. The van der Waals surface area contributed by atoms with Crippen LogP contribution in [0.4, 0.5) is 16.2 Å². The molecule has 4 rings (SSSR count). The molecule has 1 N–H and O–H groups in total. The number of pyridine rings is 1. The average molecular weight is 464 g/mol. The van der Waals surface area contributed by atoms with Gasteiger partial charge in [-0.25, -0.2) is 9.78 Å². The quantitative estimate of drug-likeness (QED) is 0.574. The number of anilines is 2. The maximum atomic E-state index is 12.5. The van der Waals surface area contributed by atoms with Crippen LogP contribution >= 0.6 is 0 Å². The first-order valence-electron chi connectivity index (χ1n) is 12.0. The number of piperazine rings is 1. The minimum absolute atomic E-state index is 0.236. The Labute approximate surface area is 202 Å². The van der Waals surface area contributed by atoms with Gasteiger partial charge in [0.25, 0.3) is 0 Å². The van der Waals surface area contributed by atoms with Crippen LogP contribution in [-0.4, -0.2) is 52.2 Å². The lowest BCUT2D eigenvalue weighted by Gasteiger charge is -2.37. The van der Waals surface area contributed by atoms with Gasteiger partial charge in [0.1, 0.15) is 5.60 Å². The number of benzene rings is 1. The molecule has 0 radical (unpaired) electrons. The van der Waals surface area contributed by atoms with E-state index in [0.717, 1.165) is 48.0 Å². The standard InChI is InChI=1S/C27H37N5O2/c1-18-9-8-10-19(2)23(18)16-28-24-15-22(17-32-21(4)20(3)29-25(24)32)30-11-13-31(14-12-30)26(33)34-27(5,6)7/h8-10,15,17,28H,11-14,16H2,1-7H3. The van der Waals surface area contributed by atoms with Crippen molar-refractivity contribution in [2.45, 2.75) is 60.6 Å². The van der Waals surface area contributed by atoms with Crippen LogP contribution in [0.3, 0.4) is 0 Å². The van der Waals surface area contributed by atoms with E-state index in [-0.39, 0.29) is 6.09 Å². The second kappa shape index (κ2) is 9.20. The Bertz CT molecular complexity index is 1180. The number of rotatable bonds is 4. The molecule has 1 saturated heterocycles. The number of fused-ring (bicyclic) bond motifs is 1. The first kappa shape index (κ1) is 23.9. The number of nitrogens with one attached hydrogen (secondary N) is 1. The normalized spacial score (nSPS) is 14.6. The summed E-state index contributed by atoms with van der Waals surface area (Å²) in [7, 11) is 0. The van der Waals surface area contributed by atoms with Crippen molar-refractivity contribution in [3.63, 3.8) is 0 Å². The average Bonchev–Trinajstić information content (AvgIpc) is 3.06. The van der Waals surface area contributed by atoms with Gasteiger partial charge in [-0.3, -0.25) is 0 Å². The Kier molecular flexibility index (Phi) is 6.47. The Morgan fingerprint density at radius 1 is 1.06 bits per heavy atom. The van der Waals surface area contributed by atoms with Crippen LogP contribution in [0.2, 0.25) is 0 Å². The molecule has 0 atom stereocenters. The number of nitrogens with zero attached hydrogens (tertiary/aromatic N) is 4. The highest BCUT2D eigenvalue weighted by Crippen LogP contribution is 2.28. The molecule has 0 unspecified atom stereocenters. The number of imidazole rings is 1. The Morgan fingerprint density at radius 3 is 2.32 bits per heavy atom. The molecule has 0 aliphatic carbocycles. The first-order chi connectivity index (χ1) is 16.0. The molecule has 3 aromatic rings. The summed E-state index contributed by atoms with van der Waals surface area (Å²) in [4.78, 5) is 21.4. The number of amides is 1. The lowest BCUT2D eigenvalue weighted by molar-refractivity contribution is 0.0240. The summed E-state index contributed by atoms with van der Waals surface area (Å²) in [5, 5.41) is 3.66. The highest BCUT2D eigenvalue weighted by atomic mass is 16.6. The molecule has 1 fully saturated rings. The number of hydrogen-bond acceptors (Lipinski definition) is 5. The molecular weight excluding hydrogens is 426 g/mol. The zero-order valence-corrected chi connectivity index (χ0v) is 21.5. The lowest BCUT2D eigenvalue weighted by atomic mass is 10.0. The summed E-state index contributed by atoms with van der Waals surface area (Å²) in [6.07, 6.45) is 1.93. The number of aryl methyl sites for hydroxylation is 4. The van der Waals surface area contributed by atoms with Crippen molar-refractivity contribution < 1.29 is 9.53 Å². The van der Waals surface area contributed by atoms with Crippen LogP contribution < -0.4 is 10.2 Å². The predicted molar refractivity (Wildman–Crippen MR) is 138 cm³/mol. The summed E-state index contributed by atoms with van der Waals surface area (Å²) in [5.41, 5.74) is 8.66. The number of ether oxygens (including phenoxy) is 1. The molecule has 1 aliphatic heterocycles. The van der Waals surface area contributed by atoms with Crippen LogP contribution in [0.25, 0.3) is 5.65 Å². The molecule has 1 amide bonds. The van der Waals surface area contributed by atoms with Crippen molar-refractivity contribution in [2.24, 2.45) is 0 Å². The molecular formula is C27H37N5O2. The van der Waals surface area contributed by atoms with Crippen LogP contribution in [0, 0.1) is 27.7 Å². The van der Waals surface area contributed by atoms with Gasteiger partial charge in [0.2, 0.25) is 0 Å². The molecule has 0 spiro atoms. The lowest BCUT2D eigenvalue weighted by Crippen LogP contribution is -2.50. The number of hydrogen-bond donors (Lipinski definition) is 1. The summed E-state index contributed by atoms with van der Waals surface area (Å²) in [5.74, 6) is 0. The molecule has 2 aromatic heterocycles. The van der Waals surface area contributed by atoms with E-state index in [1.165, 1.54) is 16.7 Å². The van der Waals surface area contributed by atoms with Gasteiger partial charge in [-0.2, -0.15) is 0 Å². The molecule has 1 aromatic carbocycles. The fraction of sp³-hybridized carbons (Fsp3) is 0.481. The van der Waals surface area contributed by atoms with E-state index in [1.54, 1.807) is 4.90 Å². The maximum absolute atomic E-state index is 12.5.